The van der Waals surface area contributed by atoms with Crippen LogP contribution in [0.25, 0.3) is 0 Å². The molecule has 2 aromatic carbocycles. The van der Waals surface area contributed by atoms with Crippen LogP contribution in [0.1, 0.15) is 43.7 Å². The topological polar surface area (TPSA) is 101 Å². The Labute approximate surface area is 234 Å². The molecular weight excluding hydrogens is 552 g/mol. The minimum absolute atomic E-state index is 0.404. The summed E-state index contributed by atoms with van der Waals surface area (Å²) in [6.07, 6.45) is -14.9. The van der Waals surface area contributed by atoms with Gasteiger partial charge < -0.3 is 21.1 Å². The van der Waals surface area contributed by atoms with Gasteiger partial charge in [0.2, 0.25) is 0 Å². The van der Waals surface area contributed by atoms with Crippen molar-refractivity contribution in [2.24, 2.45) is 22.6 Å². The maximum Gasteiger partial charge on any atom is 0.389 e. The number of nitrogens with two attached hydrogens (primary N) is 1. The van der Waals surface area contributed by atoms with E-state index in [2.05, 4.69) is 20.9 Å². The van der Waals surface area contributed by atoms with Crippen molar-refractivity contribution >= 4 is 23.0 Å². The van der Waals surface area contributed by atoms with Gasteiger partial charge in [-0.25, -0.2) is 0 Å². The van der Waals surface area contributed by atoms with Gasteiger partial charge in [0.25, 0.3) is 5.91 Å². The number of fused-ring (bicyclic) bond motifs is 1. The Morgan fingerprint density at radius 2 is 1.66 bits per heavy atom. The maximum absolute atomic E-state index is 13.4. The fourth-order valence-corrected chi connectivity index (χ4v) is 4.77. The number of hydrogen-bond acceptors (Lipinski definition) is 6. The molecule has 1 aliphatic rings. The van der Waals surface area contributed by atoms with E-state index in [4.69, 9.17) is 10.5 Å². The van der Waals surface area contributed by atoms with Crippen LogP contribution >= 0.6 is 0 Å². The summed E-state index contributed by atoms with van der Waals surface area (Å²) in [4.78, 5) is 18.1. The molecule has 3 rings (SSSR count). The van der Waals surface area contributed by atoms with Crippen molar-refractivity contribution in [3.63, 3.8) is 0 Å². The highest BCUT2D eigenvalue weighted by molar-refractivity contribution is 6.21. The molecule has 1 unspecified atom stereocenters. The number of alkyl halides is 6. The van der Waals surface area contributed by atoms with E-state index in [1.165, 1.54) is 6.92 Å². The molecular formula is C28H35F6N5O2. The number of benzodiazepines with no additional fused rings is 1. The molecule has 2 aromatic rings. The zero-order valence-corrected chi connectivity index (χ0v) is 22.8. The highest BCUT2D eigenvalue weighted by atomic mass is 19.4. The van der Waals surface area contributed by atoms with Crippen LogP contribution < -0.4 is 21.7 Å². The van der Waals surface area contributed by atoms with E-state index in [1.807, 2.05) is 6.07 Å². The minimum Gasteiger partial charge on any atom is -0.383 e. The van der Waals surface area contributed by atoms with Crippen LogP contribution in [-0.2, 0) is 9.53 Å². The van der Waals surface area contributed by atoms with Crippen molar-refractivity contribution in [2.45, 2.75) is 57.3 Å². The molecule has 0 saturated heterocycles. The summed E-state index contributed by atoms with van der Waals surface area (Å²) in [5, 5.41) is 8.86. The lowest BCUT2D eigenvalue weighted by Crippen LogP contribution is -2.53. The van der Waals surface area contributed by atoms with Crippen molar-refractivity contribution in [1.82, 2.24) is 5.32 Å². The van der Waals surface area contributed by atoms with Gasteiger partial charge in [-0.2, -0.15) is 26.3 Å². The first kappa shape index (κ1) is 32.4. The van der Waals surface area contributed by atoms with Gasteiger partial charge in [-0.3, -0.25) is 15.1 Å². The van der Waals surface area contributed by atoms with Crippen LogP contribution in [0, 0.1) is 11.8 Å². The molecule has 0 bridgehead atoms. The summed E-state index contributed by atoms with van der Waals surface area (Å²) in [5.74, 6) is -2.45. The molecule has 0 aromatic heterocycles. The van der Waals surface area contributed by atoms with E-state index in [1.54, 1.807) is 49.6 Å². The van der Waals surface area contributed by atoms with E-state index < -0.39 is 68.1 Å². The Hall–Kier alpha value is -3.16. The van der Waals surface area contributed by atoms with Crippen LogP contribution in [0.4, 0.5) is 37.7 Å². The number of methoxy groups -OCH3 is 1. The highest BCUT2D eigenvalue weighted by Crippen LogP contribution is 2.34. The zero-order valence-electron chi connectivity index (χ0n) is 22.8. The number of ether oxygens (including phenoxy) is 1. The van der Waals surface area contributed by atoms with E-state index in [-0.39, 0.29) is 0 Å². The van der Waals surface area contributed by atoms with Crippen LogP contribution in [0.2, 0.25) is 0 Å². The molecule has 4 atom stereocenters. The molecule has 1 amide bonds. The molecule has 0 spiro atoms. The van der Waals surface area contributed by atoms with E-state index in [0.29, 0.717) is 41.4 Å². The molecule has 5 N–H and O–H groups in total. The number of rotatable bonds is 13. The number of benzene rings is 2. The predicted octanol–water partition coefficient (Wildman–Crippen LogP) is 5.67. The standard InChI is InChI=1S/C28H35F6N5O2/c1-17(11-13-27(29,30)31)19(12-14-28(32,33)34)24(35)39-25-26(40)38-23-20(9-6-10-21(23)36-15-16-41-2)22(37-25)18-7-4-3-5-8-18/h3-10,17,19,24-25,36,39H,11-16,35H2,1-2H3,(H,38,40)/t17-,19+,24?,25+/m0/s1. The molecule has 41 heavy (non-hydrogen) atoms. The van der Waals surface area contributed by atoms with E-state index in [9.17, 15) is 31.1 Å². The first-order chi connectivity index (χ1) is 19.3. The van der Waals surface area contributed by atoms with Gasteiger partial charge in [-0.05, 0) is 30.7 Å². The number of halogens is 6. The lowest BCUT2D eigenvalue weighted by atomic mass is 9.84. The average molecular weight is 588 g/mol. The van der Waals surface area contributed by atoms with Gasteiger partial charge in [0, 0.05) is 37.6 Å². The van der Waals surface area contributed by atoms with Gasteiger partial charge in [-0.15, -0.1) is 0 Å². The van der Waals surface area contributed by atoms with Gasteiger partial charge in [0.1, 0.15) is 0 Å². The van der Waals surface area contributed by atoms with Crippen molar-refractivity contribution in [3.05, 3.63) is 59.7 Å². The average Bonchev–Trinajstić information content (AvgIpc) is 3.04. The number of carbonyl (C=O) groups is 1. The molecule has 226 valence electrons. The summed E-state index contributed by atoms with van der Waals surface area (Å²) in [5.41, 5.74) is 9.04. The second-order valence-corrected chi connectivity index (χ2v) is 10.0. The Balaban J connectivity index is 1.95. The smallest absolute Gasteiger partial charge is 0.383 e. The fraction of sp³-hybridized carbons (Fsp3) is 0.500. The Kier molecular flexibility index (Phi) is 11.2. The van der Waals surface area contributed by atoms with E-state index >= 15 is 0 Å². The molecule has 0 aliphatic carbocycles. The largest absolute Gasteiger partial charge is 0.389 e. The Morgan fingerprint density at radius 3 is 2.29 bits per heavy atom. The lowest BCUT2D eigenvalue weighted by Gasteiger charge is -2.32. The van der Waals surface area contributed by atoms with Crippen molar-refractivity contribution < 1.29 is 35.9 Å². The molecule has 1 aliphatic heterocycles. The third-order valence-corrected chi connectivity index (χ3v) is 6.93. The Morgan fingerprint density at radius 1 is 1.00 bits per heavy atom. The second-order valence-electron chi connectivity index (χ2n) is 10.0. The first-order valence-corrected chi connectivity index (χ1v) is 13.2. The van der Waals surface area contributed by atoms with Gasteiger partial charge in [0.15, 0.2) is 6.17 Å². The quantitative estimate of drug-likeness (QED) is 0.137. The zero-order chi connectivity index (χ0) is 30.2. The minimum atomic E-state index is -4.52. The summed E-state index contributed by atoms with van der Waals surface area (Å²) >= 11 is 0. The van der Waals surface area contributed by atoms with Crippen LogP contribution in [0.3, 0.4) is 0 Å². The molecule has 13 heteroatoms. The Bertz CT molecular complexity index is 1170. The molecule has 0 fully saturated rings. The number of hydrogen-bond donors (Lipinski definition) is 4. The molecule has 0 saturated carbocycles. The SMILES string of the molecule is COCCNc1cccc2c1NC(=O)[C@@H](NC(N)[C@H](CCC(F)(F)F)[C@@H](C)CCC(F)(F)F)N=C2c1ccccc1. The summed E-state index contributed by atoms with van der Waals surface area (Å²) < 4.78 is 83.0. The summed E-state index contributed by atoms with van der Waals surface area (Å²) in [6.45, 7) is 2.29. The number of amides is 1. The number of nitrogens with zero attached hydrogens (tertiary/aromatic N) is 1. The fourth-order valence-electron chi connectivity index (χ4n) is 4.77. The number of nitrogens with one attached hydrogen (secondary N) is 3. The predicted molar refractivity (Wildman–Crippen MR) is 146 cm³/mol. The normalized spacial score (nSPS) is 18.0. The van der Waals surface area contributed by atoms with Crippen LogP contribution in [0.5, 0.6) is 0 Å². The lowest BCUT2D eigenvalue weighted by molar-refractivity contribution is -0.144. The maximum atomic E-state index is 13.4. The second kappa shape index (κ2) is 14.1. The third kappa shape index (κ3) is 9.72. The van der Waals surface area contributed by atoms with Crippen LogP contribution in [-0.4, -0.2) is 56.6 Å². The number of anilines is 2. The van der Waals surface area contributed by atoms with Gasteiger partial charge in [-0.1, -0.05) is 49.4 Å². The molecule has 7 nitrogen and oxygen atoms in total. The summed E-state index contributed by atoms with van der Waals surface area (Å²) in [7, 11) is 1.56. The van der Waals surface area contributed by atoms with Crippen molar-refractivity contribution in [3.8, 4) is 0 Å². The number of carbonyl (C=O) groups excluding carboxylic acids is 1. The van der Waals surface area contributed by atoms with E-state index in [0.717, 1.165) is 0 Å². The van der Waals surface area contributed by atoms with Crippen molar-refractivity contribution in [1.29, 1.82) is 0 Å². The molecule has 0 radical (unpaired) electrons. The molecule has 1 heterocycles. The van der Waals surface area contributed by atoms with Gasteiger partial charge >= 0.3 is 12.4 Å². The number of para-hydroxylation sites is 1. The highest BCUT2D eigenvalue weighted by Gasteiger charge is 2.37. The number of aliphatic imine (C=N–C) groups is 1. The first-order valence-electron chi connectivity index (χ1n) is 13.2. The summed E-state index contributed by atoms with van der Waals surface area (Å²) in [6, 6.07) is 14.3. The third-order valence-electron chi connectivity index (χ3n) is 6.93. The van der Waals surface area contributed by atoms with Crippen LogP contribution in [0.15, 0.2) is 53.5 Å². The van der Waals surface area contributed by atoms with Crippen molar-refractivity contribution in [2.75, 3.05) is 30.9 Å². The van der Waals surface area contributed by atoms with Gasteiger partial charge in [0.05, 0.1) is 29.9 Å². The monoisotopic (exact) mass is 587 g/mol.